The maximum absolute atomic E-state index is 12.7. The first-order valence-electron chi connectivity index (χ1n) is 28.2. The molecule has 12 rings (SSSR count). The number of carboxylic acid groups (broad SMARTS) is 1. The number of thiophene rings is 6. The molecule has 1 amide bonds. The Kier molecular flexibility index (Phi) is 23.1. The summed E-state index contributed by atoms with van der Waals surface area (Å²) < 4.78 is 11.5. The van der Waals surface area contributed by atoms with E-state index in [1.807, 2.05) is 138 Å². The first-order chi connectivity index (χ1) is 45.4. The number of aliphatic carboxylic acids is 1. The smallest absolute Gasteiger partial charge is 0.333 e. The molecule has 10 heterocycles. The fourth-order valence-corrected chi connectivity index (χ4v) is 14.1. The number of ether oxygens (including phenoxy) is 2. The summed E-state index contributed by atoms with van der Waals surface area (Å²) in [5.74, 6) is -0.657. The van der Waals surface area contributed by atoms with E-state index in [9.17, 15) is 14.4 Å². The van der Waals surface area contributed by atoms with Crippen LogP contribution in [0.5, 0.6) is 11.8 Å². The molecule has 10 aromatic heterocycles. The molecule has 94 heavy (non-hydrogen) atoms. The molecule has 0 spiro atoms. The summed E-state index contributed by atoms with van der Waals surface area (Å²) in [6, 6.07) is 39.5. The van der Waals surface area contributed by atoms with Gasteiger partial charge in [-0.2, -0.15) is 19.9 Å². The number of H-pyrrole nitrogens is 2. The van der Waals surface area contributed by atoms with Crippen molar-refractivity contribution < 1.29 is 29.0 Å². The highest BCUT2D eigenvalue weighted by molar-refractivity contribution is 7.25. The molecule has 12 aromatic rings. The first-order valence-corrected chi connectivity index (χ1v) is 33.1. The minimum Gasteiger partial charge on any atom is -0.486 e. The van der Waals surface area contributed by atoms with Gasteiger partial charge in [0.1, 0.15) is 24.2 Å². The summed E-state index contributed by atoms with van der Waals surface area (Å²) in [4.78, 5) is 86.3. The molecule has 2 aromatic carbocycles. The number of nitrogens with two attached hydrogens (primary N) is 3. The predicted molar refractivity (Wildman–Crippen MR) is 382 cm³/mol. The van der Waals surface area contributed by atoms with E-state index in [4.69, 9.17) is 44.9 Å². The van der Waals surface area contributed by atoms with Crippen molar-refractivity contribution in [3.63, 3.8) is 0 Å². The largest absolute Gasteiger partial charge is 0.486 e. The minimum absolute atomic E-state index is 0.0443. The summed E-state index contributed by atoms with van der Waals surface area (Å²) in [5.41, 5.74) is 22.7. The number of nitrogens with zero attached hydrogens (tertiary/aromatic N) is 11. The molecule has 0 saturated heterocycles. The van der Waals surface area contributed by atoms with Crippen LogP contribution in [0.1, 0.15) is 41.7 Å². The van der Waals surface area contributed by atoms with E-state index in [1.54, 1.807) is 51.4 Å². The molecule has 0 aliphatic heterocycles. The van der Waals surface area contributed by atoms with Gasteiger partial charge in [-0.05, 0) is 107 Å². The van der Waals surface area contributed by atoms with Gasteiger partial charge in [-0.15, -0.1) is 68.0 Å². The lowest BCUT2D eigenvalue weighted by Gasteiger charge is -2.08. The monoisotopic (exact) mass is 1370 g/mol. The van der Waals surface area contributed by atoms with Gasteiger partial charge in [0.15, 0.2) is 17.6 Å². The predicted octanol–water partition coefficient (Wildman–Crippen LogP) is 13.2. The second kappa shape index (κ2) is 32.1. The number of nitrogen functional groups attached to an aromatic ring is 2. The number of hydrogen-bond donors (Lipinski definition) is 7. The third-order valence-corrected chi connectivity index (χ3v) is 20.5. The fraction of sp³-hybridized carbons (Fsp3) is 0.154. The molecule has 478 valence electrons. The van der Waals surface area contributed by atoms with Crippen molar-refractivity contribution >= 4 is 148 Å². The molecule has 29 heteroatoms. The number of aromatic amines is 2. The minimum atomic E-state index is -1.19. The van der Waals surface area contributed by atoms with Gasteiger partial charge >= 0.3 is 5.97 Å². The van der Waals surface area contributed by atoms with E-state index < -0.39 is 11.9 Å². The van der Waals surface area contributed by atoms with Gasteiger partial charge in [0.05, 0.1) is 45.7 Å². The summed E-state index contributed by atoms with van der Waals surface area (Å²) in [6.45, 7) is 15.8. The van der Waals surface area contributed by atoms with E-state index in [1.165, 1.54) is 56.3 Å². The van der Waals surface area contributed by atoms with Crippen molar-refractivity contribution in [1.82, 2.24) is 45.2 Å². The Morgan fingerprint density at radius 3 is 1.28 bits per heavy atom. The van der Waals surface area contributed by atoms with Crippen molar-refractivity contribution in [1.29, 1.82) is 0 Å². The number of carboxylic acids is 1. The second-order valence-electron chi connectivity index (χ2n) is 20.5. The normalized spacial score (nSPS) is 11.0. The van der Waals surface area contributed by atoms with Crippen LogP contribution in [-0.4, -0.2) is 105 Å². The first kappa shape index (κ1) is 67.8. The molecular formula is C65H61N17O6S6. The van der Waals surface area contributed by atoms with E-state index in [2.05, 4.69) is 95.0 Å². The van der Waals surface area contributed by atoms with Crippen LogP contribution in [0, 0.1) is 13.1 Å². The van der Waals surface area contributed by atoms with Crippen LogP contribution >= 0.6 is 68.0 Å². The van der Waals surface area contributed by atoms with Crippen LogP contribution in [0.15, 0.2) is 145 Å². The van der Waals surface area contributed by atoms with Gasteiger partial charge < -0.3 is 61.8 Å². The molecule has 0 aliphatic rings. The number of aromatic nitrogens is 8. The Labute approximate surface area is 564 Å². The van der Waals surface area contributed by atoms with Gasteiger partial charge in [0, 0.05) is 94.4 Å². The number of nitrogens with one attached hydrogen (secondary N) is 3. The van der Waals surface area contributed by atoms with Crippen molar-refractivity contribution in [3.8, 4) is 41.0 Å². The van der Waals surface area contributed by atoms with Crippen molar-refractivity contribution in [2.24, 2.45) is 5.73 Å². The van der Waals surface area contributed by atoms with Crippen LogP contribution < -0.4 is 46.7 Å². The maximum Gasteiger partial charge on any atom is 0.333 e. The zero-order valence-electron chi connectivity index (χ0n) is 51.4. The Balaban J connectivity index is 0.000000160. The zero-order valence-corrected chi connectivity index (χ0v) is 56.3. The molecule has 0 bridgehead atoms. The number of carbonyl (C=O) groups excluding carboxylic acids is 2. The average Bonchev–Trinajstić information content (AvgIpc) is 1.60. The number of benzene rings is 2. The number of carbonyl (C=O) groups is 3. The van der Waals surface area contributed by atoms with Crippen LogP contribution in [0.25, 0.3) is 73.4 Å². The standard InChI is InChI=1S/C27H24N8O2S2.C14H12N2O2S2.C13H14N6O.C11H11NOS2/c1-29-19(12-18-8-9-20(38-18)21-10-11-22(39-21)35(2)3)25(36)30-13-16-4-6-17(7-5-16)14-37-26-23-24(32-15-31-23)33-27(28)34-26;1-15-10(14(17)18)8-9-4-5-11(19-9)12-6-7-13(20-12)16(2)3;14-5-8-1-3-9(4-2-8)6-20-12-10-11(17-7-16-10)18-13(15)19-12;1-12(2)11-6-5-10(15-11)9-4-3-8(7-13)14-9/h4-12,15H,13-14H2,2-3H3,(H,30,36)(H3,28,31,32,33,34);4-8H,2-3H3,(H,17,18);1-4,7H,5-6,14H2,(H3,15,16,17,18,19);3-7H,1-2H3/b19-12-;10-8-;;. The van der Waals surface area contributed by atoms with E-state index >= 15 is 0 Å². The summed E-state index contributed by atoms with van der Waals surface area (Å²) in [7, 11) is 12.1. The summed E-state index contributed by atoms with van der Waals surface area (Å²) in [6.07, 6.45) is 6.97. The topological polar surface area (TPSA) is 307 Å². The number of imidazole rings is 2. The number of hydrogen-bond acceptors (Lipinski definition) is 23. The van der Waals surface area contributed by atoms with Gasteiger partial charge in [-0.1, -0.05) is 48.5 Å². The Morgan fingerprint density at radius 2 is 0.904 bits per heavy atom. The second-order valence-corrected chi connectivity index (χ2v) is 27.0. The van der Waals surface area contributed by atoms with E-state index in [0.717, 1.165) is 72.6 Å². The highest BCUT2D eigenvalue weighted by Gasteiger charge is 2.16. The van der Waals surface area contributed by atoms with E-state index in [0.29, 0.717) is 53.8 Å². The lowest BCUT2D eigenvalue weighted by Crippen LogP contribution is -2.23. The molecule has 10 N–H and O–H groups in total. The summed E-state index contributed by atoms with van der Waals surface area (Å²) >= 11 is 9.69. The Hall–Kier alpha value is -10.6. The quantitative estimate of drug-likeness (QED) is 0.0212. The van der Waals surface area contributed by atoms with Crippen molar-refractivity contribution in [3.05, 3.63) is 205 Å². The molecule has 0 radical (unpaired) electrons. The Bertz CT molecular complexity index is 4710. The number of fused-ring (bicyclic) bond motifs is 2. The zero-order chi connectivity index (χ0) is 66.8. The molecule has 0 fully saturated rings. The third-order valence-electron chi connectivity index (χ3n) is 13.1. The highest BCUT2D eigenvalue weighted by atomic mass is 32.1. The van der Waals surface area contributed by atoms with Gasteiger partial charge in [0.2, 0.25) is 23.7 Å². The third kappa shape index (κ3) is 18.1. The lowest BCUT2D eigenvalue weighted by molar-refractivity contribution is -0.132. The maximum atomic E-state index is 12.7. The molecule has 0 unspecified atom stereocenters. The number of rotatable bonds is 20. The molecule has 0 saturated carbocycles. The van der Waals surface area contributed by atoms with Crippen LogP contribution in [0.3, 0.4) is 0 Å². The summed E-state index contributed by atoms with van der Waals surface area (Å²) in [5, 5.41) is 15.2. The molecule has 23 nitrogen and oxygen atoms in total. The van der Waals surface area contributed by atoms with Crippen molar-refractivity contribution in [2.45, 2.75) is 26.3 Å². The van der Waals surface area contributed by atoms with Crippen LogP contribution in [-0.2, 0) is 35.9 Å². The van der Waals surface area contributed by atoms with E-state index in [-0.39, 0.29) is 29.9 Å². The van der Waals surface area contributed by atoms with Crippen LogP contribution in [0.4, 0.5) is 26.9 Å². The van der Waals surface area contributed by atoms with Gasteiger partial charge in [-0.25, -0.2) is 19.7 Å². The molecule has 0 aliphatic carbocycles. The fourth-order valence-electron chi connectivity index (χ4n) is 8.29. The van der Waals surface area contributed by atoms with Gasteiger partial charge in [-0.3, -0.25) is 14.4 Å². The van der Waals surface area contributed by atoms with Crippen molar-refractivity contribution in [2.75, 3.05) is 68.5 Å². The number of aldehydes is 1. The molecule has 0 atom stereocenters. The van der Waals surface area contributed by atoms with Gasteiger partial charge in [0.25, 0.3) is 17.3 Å². The average molecular weight is 1370 g/mol. The Morgan fingerprint density at radius 1 is 0.532 bits per heavy atom. The highest BCUT2D eigenvalue weighted by Crippen LogP contribution is 2.40. The number of anilines is 5. The SMILES string of the molecule is CN(C)c1ccc(-c2ccc(C=O)s2)s1.NCc1ccc(COc2nc(N)nc3nc[nH]c23)cc1.[C-]#[N+]/C(=C\c1ccc(-c2ccc(N(C)C)s2)s1)C(=O)NCc1ccc(COc2nc(N)nc3nc[nH]c23)cc1.[C-]#[N+]/C(=C\c1ccc(-c2ccc(N(C)C)s2)s1)C(=O)O. The lowest BCUT2D eigenvalue weighted by atomic mass is 10.1. The molecular weight excluding hydrogens is 1310 g/mol. The van der Waals surface area contributed by atoms with Crippen LogP contribution in [0.2, 0.25) is 0 Å². The number of amides is 1.